The molecule has 0 bridgehead atoms. The number of anilines is 1. The van der Waals surface area contributed by atoms with Crippen LogP contribution in [0.15, 0.2) is 103 Å². The third-order valence-corrected chi connectivity index (χ3v) is 8.13. The van der Waals surface area contributed by atoms with E-state index in [9.17, 15) is 14.4 Å². The number of H-pyrrole nitrogens is 1. The summed E-state index contributed by atoms with van der Waals surface area (Å²) in [5.74, 6) is -0.481. The number of hydrogen-bond donors (Lipinski definition) is 2. The number of carbonyl (C=O) groups excluding carboxylic acids is 3. The van der Waals surface area contributed by atoms with E-state index in [0.29, 0.717) is 24.2 Å². The van der Waals surface area contributed by atoms with E-state index >= 15 is 0 Å². The van der Waals surface area contributed by atoms with E-state index in [-0.39, 0.29) is 17.8 Å². The zero-order chi connectivity index (χ0) is 28.1. The minimum Gasteiger partial charge on any atom is -0.356 e. The zero-order valence-corrected chi connectivity index (χ0v) is 22.5. The molecule has 0 spiro atoms. The van der Waals surface area contributed by atoms with Gasteiger partial charge in [-0.1, -0.05) is 78.4 Å². The number of benzene rings is 4. The van der Waals surface area contributed by atoms with E-state index in [1.54, 1.807) is 29.2 Å². The van der Waals surface area contributed by atoms with Crippen molar-refractivity contribution in [3.63, 3.8) is 0 Å². The van der Waals surface area contributed by atoms with Gasteiger partial charge in [0.15, 0.2) is 0 Å². The molecule has 4 aromatic carbocycles. The Labute approximate surface area is 237 Å². The molecule has 0 aliphatic carbocycles. The second-order valence-electron chi connectivity index (χ2n) is 10.7. The molecule has 2 atom stereocenters. The highest BCUT2D eigenvalue weighted by atomic mass is 16.2. The first-order valence-electron chi connectivity index (χ1n) is 13.7. The monoisotopic (exact) mass is 540 g/mol. The Hall–Kier alpha value is -5.17. The van der Waals surface area contributed by atoms with Crippen molar-refractivity contribution in [1.82, 2.24) is 15.2 Å². The normalized spacial score (nSPS) is 18.0. The Morgan fingerprint density at radius 2 is 1.59 bits per heavy atom. The maximum Gasteiger partial charge on any atom is 0.332 e. The summed E-state index contributed by atoms with van der Waals surface area (Å²) in [6.45, 7) is 2.44. The molecule has 1 fully saturated rings. The molecule has 0 unspecified atom stereocenters. The lowest BCUT2D eigenvalue weighted by Gasteiger charge is -2.36. The van der Waals surface area contributed by atoms with Gasteiger partial charge >= 0.3 is 6.03 Å². The van der Waals surface area contributed by atoms with E-state index < -0.39 is 12.1 Å². The number of hydrogen-bond acceptors (Lipinski definition) is 3. The largest absolute Gasteiger partial charge is 0.356 e. The summed E-state index contributed by atoms with van der Waals surface area (Å²) in [6, 6.07) is 31.1. The van der Waals surface area contributed by atoms with Crippen LogP contribution < -0.4 is 10.2 Å². The topological polar surface area (TPSA) is 85.5 Å². The van der Waals surface area contributed by atoms with Crippen molar-refractivity contribution in [3.8, 4) is 0 Å². The summed E-state index contributed by atoms with van der Waals surface area (Å²) < 4.78 is 0. The molecule has 41 heavy (non-hydrogen) atoms. The van der Waals surface area contributed by atoms with Crippen LogP contribution in [0, 0.1) is 6.92 Å². The van der Waals surface area contributed by atoms with Crippen LogP contribution in [0.25, 0.3) is 10.9 Å². The molecule has 4 amide bonds. The molecule has 7 nitrogen and oxygen atoms in total. The lowest BCUT2D eigenvalue weighted by molar-refractivity contribution is -0.120. The fraction of sp³-hybridized carbons (Fsp3) is 0.147. The van der Waals surface area contributed by atoms with Crippen molar-refractivity contribution in [3.05, 3.63) is 137 Å². The summed E-state index contributed by atoms with van der Waals surface area (Å²) in [4.78, 5) is 47.2. The number of amides is 4. The third-order valence-electron chi connectivity index (χ3n) is 8.13. The van der Waals surface area contributed by atoms with Gasteiger partial charge in [0, 0.05) is 35.1 Å². The van der Waals surface area contributed by atoms with E-state index in [1.807, 2.05) is 79.7 Å². The Kier molecular flexibility index (Phi) is 5.93. The molecule has 2 N–H and O–H groups in total. The maximum absolute atomic E-state index is 14.0. The highest BCUT2D eigenvalue weighted by Gasteiger charge is 2.53. The van der Waals surface area contributed by atoms with Gasteiger partial charge in [-0.3, -0.25) is 14.5 Å². The van der Waals surface area contributed by atoms with Crippen molar-refractivity contribution < 1.29 is 14.4 Å². The Bertz CT molecular complexity index is 1790. The van der Waals surface area contributed by atoms with Gasteiger partial charge in [0.2, 0.25) is 0 Å². The smallest absolute Gasteiger partial charge is 0.332 e. The first-order valence-corrected chi connectivity index (χ1v) is 13.7. The van der Waals surface area contributed by atoms with E-state index in [2.05, 4.69) is 16.4 Å². The molecule has 0 radical (unpaired) electrons. The van der Waals surface area contributed by atoms with E-state index in [1.165, 1.54) is 4.90 Å². The SMILES string of the molecule is Cc1ccc([C@@H]2c3[nH]c4ccccc4c3C[C@H]3C(=O)N(c4ccc(C(=O)NCc5ccccc5)cc4)C(=O)N23)cc1. The molecule has 7 heteroatoms. The van der Waals surface area contributed by atoms with Crippen LogP contribution in [0.4, 0.5) is 10.5 Å². The standard InChI is InChI=1S/C34H28N4O3/c1-21-11-13-23(14-12-21)31-30-27(26-9-5-6-10-28(26)36-30)19-29-33(40)37(34(41)38(29)31)25-17-15-24(16-18-25)32(39)35-20-22-7-3-2-4-8-22/h2-18,29,31,36H,19-20H2,1H3,(H,35,39)/t29-,31+/m0/s1. The Balaban J connectivity index is 1.20. The number of para-hydroxylation sites is 1. The summed E-state index contributed by atoms with van der Waals surface area (Å²) in [6.07, 6.45) is 0.433. The van der Waals surface area contributed by atoms with Crippen LogP contribution in [0.3, 0.4) is 0 Å². The lowest BCUT2D eigenvalue weighted by atomic mass is 9.88. The summed E-state index contributed by atoms with van der Waals surface area (Å²) in [7, 11) is 0. The van der Waals surface area contributed by atoms with E-state index in [0.717, 1.165) is 38.9 Å². The molecule has 7 rings (SSSR count). The van der Waals surface area contributed by atoms with Crippen molar-refractivity contribution >= 4 is 34.4 Å². The highest BCUT2D eigenvalue weighted by molar-refractivity contribution is 6.22. The number of imide groups is 1. The van der Waals surface area contributed by atoms with Crippen LogP contribution in [-0.4, -0.2) is 33.8 Å². The predicted molar refractivity (Wildman–Crippen MR) is 158 cm³/mol. The van der Waals surface area contributed by atoms with Gasteiger partial charge in [-0.05, 0) is 53.9 Å². The lowest BCUT2D eigenvalue weighted by Crippen LogP contribution is -2.44. The number of rotatable bonds is 5. The van der Waals surface area contributed by atoms with Crippen molar-refractivity contribution in [2.45, 2.75) is 32.0 Å². The summed E-state index contributed by atoms with van der Waals surface area (Å²) in [5.41, 5.74) is 6.99. The van der Waals surface area contributed by atoms with Gasteiger partial charge in [-0.25, -0.2) is 9.69 Å². The van der Waals surface area contributed by atoms with Gasteiger partial charge in [-0.15, -0.1) is 0 Å². The number of aryl methyl sites for hydroxylation is 1. The predicted octanol–water partition coefficient (Wildman–Crippen LogP) is 5.89. The molecule has 1 aromatic heterocycles. The summed E-state index contributed by atoms with van der Waals surface area (Å²) in [5, 5.41) is 3.99. The average Bonchev–Trinajstić information content (AvgIpc) is 3.50. The fourth-order valence-electron chi connectivity index (χ4n) is 6.05. The minimum absolute atomic E-state index is 0.221. The maximum atomic E-state index is 14.0. The molecule has 202 valence electrons. The molecule has 3 heterocycles. The third kappa shape index (κ3) is 4.17. The quantitative estimate of drug-likeness (QED) is 0.273. The van der Waals surface area contributed by atoms with Crippen LogP contribution in [0.5, 0.6) is 0 Å². The second-order valence-corrected chi connectivity index (χ2v) is 10.7. The zero-order valence-electron chi connectivity index (χ0n) is 22.5. The minimum atomic E-state index is -0.630. The second kappa shape index (κ2) is 9.78. The van der Waals surface area contributed by atoms with Gasteiger partial charge in [0.1, 0.15) is 12.1 Å². The number of urea groups is 1. The number of aromatic amines is 1. The first-order chi connectivity index (χ1) is 20.0. The molecule has 0 saturated carbocycles. The molecular formula is C34H28N4O3. The van der Waals surface area contributed by atoms with Crippen LogP contribution in [-0.2, 0) is 17.8 Å². The molecule has 5 aromatic rings. The van der Waals surface area contributed by atoms with Gasteiger partial charge in [-0.2, -0.15) is 0 Å². The van der Waals surface area contributed by atoms with Crippen molar-refractivity contribution in [2.75, 3.05) is 4.90 Å². The fourth-order valence-corrected chi connectivity index (χ4v) is 6.05. The highest BCUT2D eigenvalue weighted by Crippen LogP contribution is 2.44. The number of nitrogens with one attached hydrogen (secondary N) is 2. The molecule has 2 aliphatic rings. The van der Waals surface area contributed by atoms with Gasteiger partial charge < -0.3 is 10.3 Å². The number of aromatic nitrogens is 1. The Morgan fingerprint density at radius 3 is 2.34 bits per heavy atom. The van der Waals surface area contributed by atoms with Crippen LogP contribution in [0.2, 0.25) is 0 Å². The first kappa shape index (κ1) is 24.8. The van der Waals surface area contributed by atoms with Crippen LogP contribution >= 0.6 is 0 Å². The van der Waals surface area contributed by atoms with Crippen LogP contribution in [0.1, 0.15) is 44.3 Å². The summed E-state index contributed by atoms with van der Waals surface area (Å²) >= 11 is 0. The number of carbonyl (C=O) groups is 3. The average molecular weight is 541 g/mol. The van der Waals surface area contributed by atoms with Crippen molar-refractivity contribution in [1.29, 1.82) is 0 Å². The molecular weight excluding hydrogens is 512 g/mol. The molecule has 1 saturated heterocycles. The number of nitrogens with zero attached hydrogens (tertiary/aromatic N) is 2. The Morgan fingerprint density at radius 1 is 0.878 bits per heavy atom. The number of fused-ring (bicyclic) bond motifs is 4. The van der Waals surface area contributed by atoms with E-state index in [4.69, 9.17) is 0 Å². The molecule has 2 aliphatic heterocycles. The van der Waals surface area contributed by atoms with Gasteiger partial charge in [0.05, 0.1) is 5.69 Å². The van der Waals surface area contributed by atoms with Crippen molar-refractivity contribution in [2.24, 2.45) is 0 Å². The van der Waals surface area contributed by atoms with Gasteiger partial charge in [0.25, 0.3) is 11.8 Å².